The van der Waals surface area contributed by atoms with Crippen molar-refractivity contribution in [1.82, 2.24) is 4.90 Å². The van der Waals surface area contributed by atoms with Crippen LogP contribution in [0.15, 0.2) is 29.6 Å². The number of aliphatic carboxylic acids is 1. The molecule has 2 aromatic rings. The number of carboxylic acid groups (broad SMARTS) is 1. The molecule has 0 aliphatic carbocycles. The zero-order valence-corrected chi connectivity index (χ0v) is 15.5. The van der Waals surface area contributed by atoms with E-state index >= 15 is 0 Å². The third-order valence-electron chi connectivity index (χ3n) is 4.53. The Morgan fingerprint density at radius 2 is 2.04 bits per heavy atom. The lowest BCUT2D eigenvalue weighted by atomic mass is 9.88. The number of amides is 1. The van der Waals surface area contributed by atoms with Gasteiger partial charge >= 0.3 is 6.09 Å². The molecule has 1 fully saturated rings. The second-order valence-electron chi connectivity index (χ2n) is 7.49. The number of rotatable bonds is 3. The van der Waals surface area contributed by atoms with Crippen LogP contribution in [0.5, 0.6) is 0 Å². The zero-order valence-electron chi connectivity index (χ0n) is 14.7. The van der Waals surface area contributed by atoms with Gasteiger partial charge in [-0.15, -0.1) is 11.3 Å². The molecule has 5 nitrogen and oxygen atoms in total. The predicted molar refractivity (Wildman–Crippen MR) is 95.4 cm³/mol. The molecular formula is C19H22NO4S-. The van der Waals surface area contributed by atoms with E-state index in [1.54, 1.807) is 32.1 Å². The number of fused-ring (bicyclic) bond motifs is 1. The normalized spacial score (nSPS) is 20.8. The second-order valence-corrected chi connectivity index (χ2v) is 8.40. The standard InChI is InChI=1S/C19H23NO4S/c1-18(2,3)24-17(23)20-10-6-9-19(20,16(21)22)11-13-12-25-15-8-5-4-7-14(13)15/h4-5,7-8,12H,6,9-11H2,1-3H3,(H,21,22)/p-1/t19-/m0/s1. The first-order valence-corrected chi connectivity index (χ1v) is 9.28. The fraction of sp³-hybridized carbons (Fsp3) is 0.474. The van der Waals surface area contributed by atoms with Crippen molar-refractivity contribution in [3.63, 3.8) is 0 Å². The molecule has 2 heterocycles. The van der Waals surface area contributed by atoms with Crippen LogP contribution in [-0.2, 0) is 16.0 Å². The smallest absolute Gasteiger partial charge is 0.411 e. The zero-order chi connectivity index (χ0) is 18.2. The highest BCUT2D eigenvalue weighted by Crippen LogP contribution is 2.37. The Morgan fingerprint density at radius 1 is 1.32 bits per heavy atom. The molecule has 1 aliphatic rings. The van der Waals surface area contributed by atoms with Gasteiger partial charge in [-0.3, -0.25) is 4.90 Å². The molecule has 0 spiro atoms. The summed E-state index contributed by atoms with van der Waals surface area (Å²) >= 11 is 1.58. The Morgan fingerprint density at radius 3 is 2.72 bits per heavy atom. The molecule has 0 N–H and O–H groups in total. The van der Waals surface area contributed by atoms with Crippen LogP contribution in [-0.4, -0.2) is 34.6 Å². The monoisotopic (exact) mass is 360 g/mol. The Hall–Kier alpha value is -2.08. The number of thiophene rings is 1. The Kier molecular flexibility index (Phi) is 4.49. The summed E-state index contributed by atoms with van der Waals surface area (Å²) in [7, 11) is 0. The van der Waals surface area contributed by atoms with Gasteiger partial charge in [0.25, 0.3) is 0 Å². The molecule has 6 heteroatoms. The van der Waals surface area contributed by atoms with Gasteiger partial charge < -0.3 is 14.6 Å². The van der Waals surface area contributed by atoms with E-state index in [-0.39, 0.29) is 6.42 Å². The summed E-state index contributed by atoms with van der Waals surface area (Å²) in [4.78, 5) is 26.0. The summed E-state index contributed by atoms with van der Waals surface area (Å²) in [5, 5.41) is 15.1. The van der Waals surface area contributed by atoms with Gasteiger partial charge in [0.2, 0.25) is 0 Å². The van der Waals surface area contributed by atoms with E-state index in [2.05, 4.69) is 0 Å². The lowest BCUT2D eigenvalue weighted by molar-refractivity contribution is -0.317. The van der Waals surface area contributed by atoms with Crippen LogP contribution in [0.1, 0.15) is 39.2 Å². The molecule has 0 bridgehead atoms. The minimum absolute atomic E-state index is 0.235. The van der Waals surface area contributed by atoms with Crippen molar-refractivity contribution in [1.29, 1.82) is 0 Å². The molecule has 1 aromatic heterocycles. The van der Waals surface area contributed by atoms with E-state index < -0.39 is 23.2 Å². The Balaban J connectivity index is 1.95. The summed E-state index contributed by atoms with van der Waals surface area (Å²) in [5.41, 5.74) is -1.10. The Bertz CT molecular complexity index is 807. The number of hydrogen-bond acceptors (Lipinski definition) is 5. The number of hydrogen-bond donors (Lipinski definition) is 0. The summed E-state index contributed by atoms with van der Waals surface area (Å²) in [5.74, 6) is -1.22. The van der Waals surface area contributed by atoms with Crippen molar-refractivity contribution in [2.45, 2.75) is 51.2 Å². The second kappa shape index (κ2) is 6.33. The molecule has 25 heavy (non-hydrogen) atoms. The molecule has 0 unspecified atom stereocenters. The SMILES string of the molecule is CC(C)(C)OC(=O)N1CCC[C@]1(Cc1csc2ccccc12)C(=O)[O-]. The first-order valence-electron chi connectivity index (χ1n) is 8.40. The molecule has 1 atom stereocenters. The highest BCUT2D eigenvalue weighted by molar-refractivity contribution is 7.17. The Labute approximate surface area is 151 Å². The maximum Gasteiger partial charge on any atom is 0.411 e. The molecular weight excluding hydrogens is 338 g/mol. The first-order chi connectivity index (χ1) is 11.7. The fourth-order valence-electron chi connectivity index (χ4n) is 3.41. The quantitative estimate of drug-likeness (QED) is 0.844. The van der Waals surface area contributed by atoms with Gasteiger partial charge in [0.15, 0.2) is 0 Å². The van der Waals surface area contributed by atoms with Crippen molar-refractivity contribution < 1.29 is 19.4 Å². The topological polar surface area (TPSA) is 69.7 Å². The fourth-order valence-corrected chi connectivity index (χ4v) is 4.38. The van der Waals surface area contributed by atoms with Gasteiger partial charge in [0, 0.05) is 17.7 Å². The van der Waals surface area contributed by atoms with E-state index in [1.165, 1.54) is 4.90 Å². The molecule has 134 valence electrons. The van der Waals surface area contributed by atoms with Crippen molar-refractivity contribution in [2.75, 3.05) is 6.54 Å². The molecule has 0 saturated carbocycles. The van der Waals surface area contributed by atoms with E-state index in [9.17, 15) is 14.7 Å². The average Bonchev–Trinajstić information content (AvgIpc) is 3.11. The maximum absolute atomic E-state index is 12.6. The van der Waals surface area contributed by atoms with E-state index in [4.69, 9.17) is 4.74 Å². The van der Waals surface area contributed by atoms with E-state index in [0.717, 1.165) is 15.6 Å². The number of carboxylic acids is 1. The highest BCUT2D eigenvalue weighted by atomic mass is 32.1. The molecule has 1 aliphatic heterocycles. The number of carbonyl (C=O) groups excluding carboxylic acids is 2. The summed E-state index contributed by atoms with van der Waals surface area (Å²) in [6.07, 6.45) is 0.640. The average molecular weight is 360 g/mol. The van der Waals surface area contributed by atoms with Crippen LogP contribution in [0, 0.1) is 0 Å². The van der Waals surface area contributed by atoms with Crippen molar-refractivity contribution in [3.05, 3.63) is 35.2 Å². The largest absolute Gasteiger partial charge is 0.548 e. The lowest BCUT2D eigenvalue weighted by Crippen LogP contribution is -2.60. The molecule has 3 rings (SSSR count). The lowest BCUT2D eigenvalue weighted by Gasteiger charge is -2.40. The van der Waals surface area contributed by atoms with Gasteiger partial charge in [-0.1, -0.05) is 18.2 Å². The van der Waals surface area contributed by atoms with Crippen LogP contribution < -0.4 is 5.11 Å². The maximum atomic E-state index is 12.6. The van der Waals surface area contributed by atoms with Gasteiger partial charge in [-0.2, -0.15) is 0 Å². The minimum Gasteiger partial charge on any atom is -0.548 e. The summed E-state index contributed by atoms with van der Waals surface area (Å²) in [6, 6.07) is 7.89. The number of ether oxygens (including phenoxy) is 1. The third-order valence-corrected chi connectivity index (χ3v) is 5.54. The van der Waals surface area contributed by atoms with Crippen LogP contribution >= 0.6 is 11.3 Å². The van der Waals surface area contributed by atoms with Crippen LogP contribution in [0.4, 0.5) is 4.79 Å². The van der Waals surface area contributed by atoms with Crippen molar-refractivity contribution in [3.8, 4) is 0 Å². The number of carbonyl (C=O) groups is 2. The van der Waals surface area contributed by atoms with Crippen LogP contribution in [0.25, 0.3) is 10.1 Å². The van der Waals surface area contributed by atoms with Gasteiger partial charge in [0.1, 0.15) is 5.60 Å². The number of likely N-dealkylation sites (tertiary alicyclic amines) is 1. The molecule has 1 aromatic carbocycles. The summed E-state index contributed by atoms with van der Waals surface area (Å²) < 4.78 is 6.54. The highest BCUT2D eigenvalue weighted by Gasteiger charge is 2.47. The third kappa shape index (κ3) is 3.35. The van der Waals surface area contributed by atoms with Crippen LogP contribution in [0.2, 0.25) is 0 Å². The number of benzene rings is 1. The summed E-state index contributed by atoms with van der Waals surface area (Å²) in [6.45, 7) is 5.68. The van der Waals surface area contributed by atoms with Gasteiger partial charge in [-0.25, -0.2) is 4.79 Å². The van der Waals surface area contributed by atoms with Crippen molar-refractivity contribution in [2.24, 2.45) is 0 Å². The van der Waals surface area contributed by atoms with E-state index in [1.807, 2.05) is 29.6 Å². The van der Waals surface area contributed by atoms with Gasteiger partial charge in [0.05, 0.1) is 11.5 Å². The minimum atomic E-state index is -1.35. The van der Waals surface area contributed by atoms with E-state index in [0.29, 0.717) is 19.4 Å². The predicted octanol–water partition coefficient (Wildman–Crippen LogP) is 2.96. The number of nitrogens with zero attached hydrogens (tertiary/aromatic N) is 1. The molecule has 0 radical (unpaired) electrons. The van der Waals surface area contributed by atoms with Crippen LogP contribution in [0.3, 0.4) is 0 Å². The van der Waals surface area contributed by atoms with Crippen molar-refractivity contribution >= 4 is 33.5 Å². The molecule has 1 amide bonds. The van der Waals surface area contributed by atoms with Gasteiger partial charge in [-0.05, 0) is 56.0 Å². The first kappa shape index (κ1) is 17.7. The molecule has 1 saturated heterocycles.